The zero-order valence-electron chi connectivity index (χ0n) is 20.5. The molecule has 0 atom stereocenters. The Labute approximate surface area is 236 Å². The third kappa shape index (κ3) is 6.20. The number of carbonyl (C=O) groups excluding carboxylic acids is 4. The molecule has 0 bridgehead atoms. The van der Waals surface area contributed by atoms with Gasteiger partial charge in [-0.15, -0.1) is 0 Å². The monoisotopic (exact) mass is 584 g/mol. The molecule has 1 aliphatic heterocycles. The minimum Gasteiger partial charge on any atom is -0.493 e. The van der Waals surface area contributed by atoms with E-state index in [-0.39, 0.29) is 40.1 Å². The molecule has 0 aromatic heterocycles. The number of urea groups is 1. The van der Waals surface area contributed by atoms with Crippen LogP contribution in [-0.4, -0.2) is 42.4 Å². The normalized spacial score (nSPS) is 14.1. The highest BCUT2D eigenvalue weighted by Crippen LogP contribution is 2.30. The van der Waals surface area contributed by atoms with Crippen LogP contribution in [0.5, 0.6) is 11.5 Å². The van der Waals surface area contributed by atoms with Crippen molar-refractivity contribution in [3.05, 3.63) is 92.0 Å². The number of barbiturate groups is 1. The lowest BCUT2D eigenvalue weighted by Gasteiger charge is -2.26. The maximum absolute atomic E-state index is 13.1. The van der Waals surface area contributed by atoms with Crippen molar-refractivity contribution in [3.63, 3.8) is 0 Å². The van der Waals surface area contributed by atoms with E-state index in [4.69, 9.17) is 32.7 Å². The van der Waals surface area contributed by atoms with Crippen molar-refractivity contribution >= 4 is 70.1 Å². The first-order chi connectivity index (χ1) is 19.1. The molecular weight excluding hydrogens is 567 g/mol. The van der Waals surface area contributed by atoms with Gasteiger partial charge in [0, 0.05) is 17.8 Å². The first-order valence-corrected chi connectivity index (χ1v) is 12.0. The van der Waals surface area contributed by atoms with Crippen LogP contribution < -0.4 is 25.0 Å². The molecule has 0 radical (unpaired) electrons. The van der Waals surface area contributed by atoms with Crippen LogP contribution in [0.25, 0.3) is 6.08 Å². The van der Waals surface area contributed by atoms with Crippen LogP contribution in [0.4, 0.5) is 21.9 Å². The third-order valence-electron chi connectivity index (χ3n) is 5.48. The molecule has 3 aromatic rings. The Bertz CT molecular complexity index is 1570. The molecule has 0 unspecified atom stereocenters. The SMILES string of the molecule is COc1cc(/C=C2/C(=O)NC(=O)N(c3ccc([N+](=O)[O-])cc3)C2=O)ccc1OCC(=O)Nc1ccc(Cl)c(Cl)c1. The first kappa shape index (κ1) is 28.1. The highest BCUT2D eigenvalue weighted by atomic mass is 35.5. The summed E-state index contributed by atoms with van der Waals surface area (Å²) in [5.41, 5.74) is 0.206. The van der Waals surface area contributed by atoms with Crippen molar-refractivity contribution in [1.82, 2.24) is 5.32 Å². The lowest BCUT2D eigenvalue weighted by atomic mass is 10.1. The smallest absolute Gasteiger partial charge is 0.335 e. The fourth-order valence-corrected chi connectivity index (χ4v) is 3.89. The average Bonchev–Trinajstić information content (AvgIpc) is 2.92. The van der Waals surface area contributed by atoms with Crippen LogP contribution in [0, 0.1) is 10.1 Å². The number of non-ortho nitro benzene ring substituents is 1. The van der Waals surface area contributed by atoms with Gasteiger partial charge in [0.05, 0.1) is 27.8 Å². The summed E-state index contributed by atoms with van der Waals surface area (Å²) in [7, 11) is 1.36. The van der Waals surface area contributed by atoms with Crippen LogP contribution >= 0.6 is 23.2 Å². The standard InChI is InChI=1S/C26H18Cl2N4O8/c1-39-22-11-14(2-9-21(22)40-13-23(33)29-15-3-8-19(27)20(28)12-15)10-18-24(34)30-26(36)31(25(18)35)16-4-6-17(7-5-16)32(37)38/h2-12H,13H2,1H3,(H,29,33)(H,30,34,36)/b18-10-. The van der Waals surface area contributed by atoms with Crippen molar-refractivity contribution in [2.75, 3.05) is 23.9 Å². The van der Waals surface area contributed by atoms with Gasteiger partial charge < -0.3 is 14.8 Å². The zero-order valence-corrected chi connectivity index (χ0v) is 22.0. The molecule has 1 aliphatic rings. The second-order valence-corrected chi connectivity index (χ2v) is 8.92. The van der Waals surface area contributed by atoms with E-state index in [9.17, 15) is 29.3 Å². The van der Waals surface area contributed by atoms with Crippen LogP contribution in [-0.2, 0) is 14.4 Å². The Kier molecular flexibility index (Phi) is 8.31. The van der Waals surface area contributed by atoms with E-state index in [1.54, 1.807) is 6.07 Å². The summed E-state index contributed by atoms with van der Waals surface area (Å²) < 4.78 is 10.9. The molecule has 0 saturated carbocycles. The number of halogens is 2. The van der Waals surface area contributed by atoms with Gasteiger partial charge in [0.1, 0.15) is 5.57 Å². The number of benzene rings is 3. The third-order valence-corrected chi connectivity index (χ3v) is 6.22. The number of methoxy groups -OCH3 is 1. The van der Waals surface area contributed by atoms with Crippen LogP contribution in [0.2, 0.25) is 10.0 Å². The Hall–Kier alpha value is -4.94. The lowest BCUT2D eigenvalue weighted by molar-refractivity contribution is -0.384. The molecule has 204 valence electrons. The van der Waals surface area contributed by atoms with Gasteiger partial charge in [-0.2, -0.15) is 0 Å². The number of hydrogen-bond acceptors (Lipinski definition) is 8. The van der Waals surface area contributed by atoms with Gasteiger partial charge in [-0.3, -0.25) is 29.8 Å². The number of anilines is 2. The number of rotatable bonds is 8. The van der Waals surface area contributed by atoms with E-state index in [0.717, 1.165) is 12.1 Å². The van der Waals surface area contributed by atoms with Gasteiger partial charge in [0.25, 0.3) is 23.4 Å². The molecule has 0 aliphatic carbocycles. The molecule has 0 spiro atoms. The van der Waals surface area contributed by atoms with E-state index in [1.165, 1.54) is 55.7 Å². The number of imide groups is 2. The second kappa shape index (κ2) is 11.8. The van der Waals surface area contributed by atoms with Crippen molar-refractivity contribution in [2.45, 2.75) is 0 Å². The number of nitro groups is 1. The molecule has 3 aromatic carbocycles. The number of amides is 5. The summed E-state index contributed by atoms with van der Waals surface area (Å²) in [6, 6.07) is 12.7. The summed E-state index contributed by atoms with van der Waals surface area (Å²) in [6.45, 7) is -0.371. The highest BCUT2D eigenvalue weighted by Gasteiger charge is 2.37. The number of hydrogen-bond donors (Lipinski definition) is 2. The number of nitrogens with zero attached hydrogens (tertiary/aromatic N) is 2. The molecule has 1 fully saturated rings. The molecule has 4 rings (SSSR count). The van der Waals surface area contributed by atoms with Gasteiger partial charge in [-0.1, -0.05) is 29.3 Å². The molecule has 40 heavy (non-hydrogen) atoms. The molecular formula is C26H18Cl2N4O8. The fourth-order valence-electron chi connectivity index (χ4n) is 3.59. The quantitative estimate of drug-likeness (QED) is 0.168. The van der Waals surface area contributed by atoms with Gasteiger partial charge in [0.15, 0.2) is 18.1 Å². The largest absolute Gasteiger partial charge is 0.493 e. The predicted molar refractivity (Wildman–Crippen MR) is 146 cm³/mol. The summed E-state index contributed by atoms with van der Waals surface area (Å²) in [5, 5.41) is 16.2. The predicted octanol–water partition coefficient (Wildman–Crippen LogP) is 4.59. The highest BCUT2D eigenvalue weighted by molar-refractivity contribution is 6.42. The Morgan fingerprint density at radius 1 is 1.02 bits per heavy atom. The Balaban J connectivity index is 1.50. The summed E-state index contributed by atoms with van der Waals surface area (Å²) >= 11 is 11.8. The van der Waals surface area contributed by atoms with Crippen LogP contribution in [0.3, 0.4) is 0 Å². The van der Waals surface area contributed by atoms with E-state index in [1.807, 2.05) is 0 Å². The van der Waals surface area contributed by atoms with E-state index in [0.29, 0.717) is 21.2 Å². The summed E-state index contributed by atoms with van der Waals surface area (Å²) in [6.07, 6.45) is 1.24. The number of nitrogens with one attached hydrogen (secondary N) is 2. The van der Waals surface area contributed by atoms with E-state index < -0.39 is 28.7 Å². The second-order valence-electron chi connectivity index (χ2n) is 8.11. The molecule has 1 saturated heterocycles. The average molecular weight is 585 g/mol. The number of nitro benzene ring substituents is 1. The molecule has 14 heteroatoms. The van der Waals surface area contributed by atoms with Crippen molar-refractivity contribution in [1.29, 1.82) is 0 Å². The van der Waals surface area contributed by atoms with Gasteiger partial charge >= 0.3 is 6.03 Å². The summed E-state index contributed by atoms with van der Waals surface area (Å²) in [5.74, 6) is -1.93. The fraction of sp³-hybridized carbons (Fsp3) is 0.0769. The molecule has 2 N–H and O–H groups in total. The van der Waals surface area contributed by atoms with Crippen molar-refractivity contribution in [3.8, 4) is 11.5 Å². The van der Waals surface area contributed by atoms with Crippen LogP contribution in [0.1, 0.15) is 5.56 Å². The Morgan fingerprint density at radius 3 is 2.40 bits per heavy atom. The lowest BCUT2D eigenvalue weighted by Crippen LogP contribution is -2.54. The minimum atomic E-state index is -0.999. The van der Waals surface area contributed by atoms with Crippen molar-refractivity contribution < 1.29 is 33.6 Å². The number of carbonyl (C=O) groups is 4. The zero-order chi connectivity index (χ0) is 29.0. The first-order valence-electron chi connectivity index (χ1n) is 11.3. The Morgan fingerprint density at radius 2 is 1.75 bits per heavy atom. The van der Waals surface area contributed by atoms with Gasteiger partial charge in [-0.25, -0.2) is 9.69 Å². The topological polar surface area (TPSA) is 157 Å². The van der Waals surface area contributed by atoms with Crippen LogP contribution in [0.15, 0.2) is 66.2 Å². The molecule has 1 heterocycles. The summed E-state index contributed by atoms with van der Waals surface area (Å²) in [4.78, 5) is 61.2. The van der Waals surface area contributed by atoms with Gasteiger partial charge in [0.2, 0.25) is 0 Å². The van der Waals surface area contributed by atoms with E-state index >= 15 is 0 Å². The van der Waals surface area contributed by atoms with Crippen molar-refractivity contribution in [2.24, 2.45) is 0 Å². The number of ether oxygens (including phenoxy) is 2. The van der Waals surface area contributed by atoms with Gasteiger partial charge in [-0.05, 0) is 54.1 Å². The maximum Gasteiger partial charge on any atom is 0.335 e. The minimum absolute atomic E-state index is 0.0342. The van der Waals surface area contributed by atoms with E-state index in [2.05, 4.69) is 10.6 Å². The maximum atomic E-state index is 13.1. The molecule has 12 nitrogen and oxygen atoms in total. The molecule has 5 amide bonds.